The van der Waals surface area contributed by atoms with Gasteiger partial charge in [-0.1, -0.05) is 54.6 Å². The molecular formula is C24H22N4O4. The zero-order valence-electron chi connectivity index (χ0n) is 17.5. The van der Waals surface area contributed by atoms with Crippen LogP contribution < -0.4 is 22.1 Å². The predicted molar refractivity (Wildman–Crippen MR) is 122 cm³/mol. The van der Waals surface area contributed by atoms with E-state index >= 15 is 0 Å². The van der Waals surface area contributed by atoms with Gasteiger partial charge in [0.05, 0.1) is 17.3 Å². The lowest BCUT2D eigenvalue weighted by molar-refractivity contribution is -0.128. The summed E-state index contributed by atoms with van der Waals surface area (Å²) in [7, 11) is 0. The molecule has 8 heteroatoms. The minimum atomic E-state index is -0.579. The van der Waals surface area contributed by atoms with Gasteiger partial charge in [-0.3, -0.25) is 34.4 Å². The van der Waals surface area contributed by atoms with Crippen molar-refractivity contribution < 1.29 is 9.59 Å². The summed E-state index contributed by atoms with van der Waals surface area (Å²) >= 11 is 0. The molecule has 0 fully saturated rings. The molecule has 8 nitrogen and oxygen atoms in total. The number of para-hydroxylation sites is 1. The van der Waals surface area contributed by atoms with E-state index in [1.54, 1.807) is 31.2 Å². The van der Waals surface area contributed by atoms with Crippen LogP contribution in [0.4, 0.5) is 0 Å². The molecule has 0 atom stereocenters. The van der Waals surface area contributed by atoms with Crippen LogP contribution in [-0.4, -0.2) is 20.9 Å². The number of fused-ring (bicyclic) bond motifs is 2. The molecule has 0 radical (unpaired) electrons. The van der Waals surface area contributed by atoms with Gasteiger partial charge in [0.15, 0.2) is 0 Å². The smallest absolute Gasteiger partial charge is 0.284 e. The number of hydrazine groups is 1. The number of carbonyl (C=O) groups excluding carboxylic acids is 2. The van der Waals surface area contributed by atoms with Crippen LogP contribution in [0.25, 0.3) is 21.7 Å². The quantitative estimate of drug-likeness (QED) is 0.471. The van der Waals surface area contributed by atoms with Gasteiger partial charge >= 0.3 is 5.69 Å². The van der Waals surface area contributed by atoms with E-state index in [2.05, 4.69) is 10.9 Å². The highest BCUT2D eigenvalue weighted by molar-refractivity contribution is 5.91. The van der Waals surface area contributed by atoms with Gasteiger partial charge < -0.3 is 0 Å². The first kappa shape index (κ1) is 21.0. The summed E-state index contributed by atoms with van der Waals surface area (Å²) in [6.45, 7) is 1.54. The van der Waals surface area contributed by atoms with Gasteiger partial charge in [-0.15, -0.1) is 0 Å². The van der Waals surface area contributed by atoms with Crippen molar-refractivity contribution >= 4 is 33.5 Å². The highest BCUT2D eigenvalue weighted by Gasteiger charge is 2.15. The average molecular weight is 430 g/mol. The van der Waals surface area contributed by atoms with E-state index < -0.39 is 17.2 Å². The molecule has 32 heavy (non-hydrogen) atoms. The molecule has 2 N–H and O–H groups in total. The molecule has 0 spiro atoms. The van der Waals surface area contributed by atoms with Gasteiger partial charge in [0.25, 0.3) is 11.5 Å². The minimum absolute atomic E-state index is 0.0885. The van der Waals surface area contributed by atoms with Crippen molar-refractivity contribution in [3.05, 3.63) is 93.1 Å². The Labute approximate surface area is 183 Å². The first-order chi connectivity index (χ1) is 15.5. The summed E-state index contributed by atoms with van der Waals surface area (Å²) < 4.78 is 2.31. The largest absolute Gasteiger partial charge is 0.331 e. The van der Waals surface area contributed by atoms with Gasteiger partial charge in [0.1, 0.15) is 6.54 Å². The molecule has 0 aliphatic carbocycles. The van der Waals surface area contributed by atoms with Crippen LogP contribution in [0.2, 0.25) is 0 Å². The first-order valence-electron chi connectivity index (χ1n) is 10.3. The number of nitrogens with zero attached hydrogens (tertiary/aromatic N) is 2. The number of carbonyl (C=O) groups is 2. The molecule has 1 aromatic heterocycles. The maximum Gasteiger partial charge on any atom is 0.331 e. The van der Waals surface area contributed by atoms with Gasteiger partial charge in [-0.25, -0.2) is 4.79 Å². The topological polar surface area (TPSA) is 102 Å². The number of amides is 2. The highest BCUT2D eigenvalue weighted by atomic mass is 16.2. The lowest BCUT2D eigenvalue weighted by Gasteiger charge is -2.13. The van der Waals surface area contributed by atoms with Crippen molar-refractivity contribution in [2.24, 2.45) is 0 Å². The van der Waals surface area contributed by atoms with Crippen LogP contribution in [0.3, 0.4) is 0 Å². The van der Waals surface area contributed by atoms with Gasteiger partial charge in [0, 0.05) is 6.54 Å². The Hall–Kier alpha value is -4.20. The lowest BCUT2D eigenvalue weighted by atomic mass is 10.0. The number of rotatable bonds is 5. The van der Waals surface area contributed by atoms with Crippen LogP contribution in [-0.2, 0) is 29.1 Å². The second-order valence-electron chi connectivity index (χ2n) is 7.35. The normalized spacial score (nSPS) is 10.9. The van der Waals surface area contributed by atoms with Crippen LogP contribution in [0, 0.1) is 0 Å². The Kier molecular flexibility index (Phi) is 5.85. The van der Waals surface area contributed by atoms with Crippen molar-refractivity contribution in [3.63, 3.8) is 0 Å². The fraction of sp³-hybridized carbons (Fsp3) is 0.167. The summed E-state index contributed by atoms with van der Waals surface area (Å²) in [5.41, 5.74) is 4.99. The molecule has 0 bridgehead atoms. The van der Waals surface area contributed by atoms with Crippen molar-refractivity contribution in [2.75, 3.05) is 0 Å². The van der Waals surface area contributed by atoms with Gasteiger partial charge in [-0.2, -0.15) is 0 Å². The van der Waals surface area contributed by atoms with E-state index in [1.165, 1.54) is 4.57 Å². The second kappa shape index (κ2) is 8.89. The van der Waals surface area contributed by atoms with E-state index in [0.717, 1.165) is 20.9 Å². The molecule has 4 rings (SSSR count). The molecule has 4 aromatic rings. The molecule has 0 saturated heterocycles. The van der Waals surface area contributed by atoms with Crippen LogP contribution in [0.15, 0.2) is 76.3 Å². The molecule has 0 saturated carbocycles. The molecule has 162 valence electrons. The van der Waals surface area contributed by atoms with E-state index in [-0.39, 0.29) is 25.4 Å². The fourth-order valence-electron chi connectivity index (χ4n) is 3.79. The van der Waals surface area contributed by atoms with Crippen molar-refractivity contribution in [1.29, 1.82) is 0 Å². The van der Waals surface area contributed by atoms with Crippen molar-refractivity contribution in [2.45, 2.75) is 26.4 Å². The van der Waals surface area contributed by atoms with E-state index in [0.29, 0.717) is 10.9 Å². The molecule has 0 unspecified atom stereocenters. The van der Waals surface area contributed by atoms with E-state index in [9.17, 15) is 19.2 Å². The Morgan fingerprint density at radius 2 is 1.44 bits per heavy atom. The monoisotopic (exact) mass is 430 g/mol. The Morgan fingerprint density at radius 1 is 0.781 bits per heavy atom. The number of nitrogens with one attached hydrogen (secondary N) is 2. The third kappa shape index (κ3) is 4.02. The Bertz CT molecular complexity index is 1450. The summed E-state index contributed by atoms with van der Waals surface area (Å²) in [5.74, 6) is -0.963. The molecule has 1 heterocycles. The number of aromatic nitrogens is 2. The standard InChI is InChI=1S/C24H22N4O4/c1-2-27-23(31)19-12-5-6-13-20(19)28(24(27)32)15-22(30)26-25-21(29)14-17-10-7-9-16-8-3-4-11-18(16)17/h3-13H,2,14-15H2,1H3,(H,25,29)(H,26,30). The zero-order valence-corrected chi connectivity index (χ0v) is 17.5. The lowest BCUT2D eigenvalue weighted by Crippen LogP contribution is -2.47. The highest BCUT2D eigenvalue weighted by Crippen LogP contribution is 2.18. The number of hydrogen-bond acceptors (Lipinski definition) is 4. The van der Waals surface area contributed by atoms with Crippen molar-refractivity contribution in [1.82, 2.24) is 20.0 Å². The maximum atomic E-state index is 12.7. The Morgan fingerprint density at radius 3 is 2.22 bits per heavy atom. The Balaban J connectivity index is 1.49. The number of hydrogen-bond donors (Lipinski definition) is 2. The molecule has 0 aliphatic rings. The third-order valence-corrected chi connectivity index (χ3v) is 5.32. The summed E-state index contributed by atoms with van der Waals surface area (Å²) in [5, 5.41) is 2.34. The van der Waals surface area contributed by atoms with E-state index in [1.807, 2.05) is 42.5 Å². The summed E-state index contributed by atoms with van der Waals surface area (Å²) in [4.78, 5) is 50.1. The predicted octanol–water partition coefficient (Wildman–Crippen LogP) is 1.73. The molecule has 2 amide bonds. The second-order valence-corrected chi connectivity index (χ2v) is 7.35. The van der Waals surface area contributed by atoms with Crippen LogP contribution in [0.5, 0.6) is 0 Å². The molecule has 0 aliphatic heterocycles. The SMILES string of the molecule is CCn1c(=O)c2ccccc2n(CC(=O)NNC(=O)Cc2cccc3ccccc23)c1=O. The van der Waals surface area contributed by atoms with Crippen molar-refractivity contribution in [3.8, 4) is 0 Å². The summed E-state index contributed by atoms with van der Waals surface area (Å²) in [6.07, 6.45) is 0.0885. The fourth-order valence-corrected chi connectivity index (χ4v) is 3.79. The van der Waals surface area contributed by atoms with Crippen LogP contribution in [0.1, 0.15) is 12.5 Å². The first-order valence-corrected chi connectivity index (χ1v) is 10.3. The third-order valence-electron chi connectivity index (χ3n) is 5.32. The average Bonchev–Trinajstić information content (AvgIpc) is 2.81. The minimum Gasteiger partial charge on any atom is -0.284 e. The van der Waals surface area contributed by atoms with Gasteiger partial charge in [0.2, 0.25) is 5.91 Å². The van der Waals surface area contributed by atoms with E-state index in [4.69, 9.17) is 0 Å². The molecular weight excluding hydrogens is 408 g/mol. The van der Waals surface area contributed by atoms with Crippen LogP contribution >= 0.6 is 0 Å². The molecule has 3 aromatic carbocycles. The summed E-state index contributed by atoms with van der Waals surface area (Å²) in [6, 6.07) is 20.1. The zero-order chi connectivity index (χ0) is 22.7. The maximum absolute atomic E-state index is 12.7. The number of benzene rings is 3. The van der Waals surface area contributed by atoms with Gasteiger partial charge in [-0.05, 0) is 35.4 Å².